The fourth-order valence-corrected chi connectivity index (χ4v) is 3.77. The van der Waals surface area contributed by atoms with Crippen molar-refractivity contribution in [2.75, 3.05) is 5.32 Å². The van der Waals surface area contributed by atoms with Crippen LogP contribution < -0.4 is 5.32 Å². The van der Waals surface area contributed by atoms with Gasteiger partial charge in [0.25, 0.3) is 0 Å². The molecule has 0 atom stereocenters. The van der Waals surface area contributed by atoms with Crippen LogP contribution in [-0.2, 0) is 24.7 Å². The van der Waals surface area contributed by atoms with Gasteiger partial charge in [-0.05, 0) is 31.5 Å². The van der Waals surface area contributed by atoms with Crippen molar-refractivity contribution in [1.29, 1.82) is 0 Å². The minimum absolute atomic E-state index is 0.0807. The van der Waals surface area contributed by atoms with Crippen LogP contribution in [-0.4, -0.2) is 20.7 Å². The first-order valence-corrected chi connectivity index (χ1v) is 9.10. The molecule has 0 aliphatic carbocycles. The first-order chi connectivity index (χ1) is 11.9. The Bertz CT molecular complexity index is 916. The maximum Gasteiger partial charge on any atom is 0.230 e. The summed E-state index contributed by atoms with van der Waals surface area (Å²) in [5, 5.41) is 8.55. The van der Waals surface area contributed by atoms with E-state index in [1.54, 1.807) is 10.9 Å². The summed E-state index contributed by atoms with van der Waals surface area (Å²) in [6, 6.07) is 7.75. The third-order valence-corrected chi connectivity index (χ3v) is 5.21. The molecule has 7 heteroatoms. The van der Waals surface area contributed by atoms with Gasteiger partial charge in [-0.1, -0.05) is 23.7 Å². The lowest BCUT2D eigenvalue weighted by Gasteiger charge is -2.03. The average molecular weight is 375 g/mol. The number of aryl methyl sites for hydroxylation is 2. The van der Waals surface area contributed by atoms with Gasteiger partial charge in [-0.15, -0.1) is 11.3 Å². The highest BCUT2D eigenvalue weighted by Crippen LogP contribution is 2.23. The van der Waals surface area contributed by atoms with Gasteiger partial charge >= 0.3 is 0 Å². The average Bonchev–Trinajstić information content (AvgIpc) is 3.07. The van der Waals surface area contributed by atoms with Gasteiger partial charge < -0.3 is 5.32 Å². The van der Waals surface area contributed by atoms with E-state index in [1.807, 2.05) is 45.2 Å². The molecule has 3 rings (SSSR count). The van der Waals surface area contributed by atoms with Crippen LogP contribution in [0.3, 0.4) is 0 Å². The number of thiazole rings is 1. The molecule has 3 aromatic rings. The Balaban J connectivity index is 1.64. The smallest absolute Gasteiger partial charge is 0.230 e. The fourth-order valence-electron chi connectivity index (χ4n) is 2.69. The predicted octanol–water partition coefficient (Wildman–Crippen LogP) is 3.92. The first kappa shape index (κ1) is 17.6. The molecule has 130 valence electrons. The van der Waals surface area contributed by atoms with Crippen LogP contribution in [0.25, 0.3) is 0 Å². The quantitative estimate of drug-likeness (QED) is 0.736. The molecule has 0 saturated heterocycles. The van der Waals surface area contributed by atoms with E-state index in [9.17, 15) is 4.79 Å². The fraction of sp³-hybridized carbons (Fsp3) is 0.278. The monoisotopic (exact) mass is 374 g/mol. The number of aromatic nitrogens is 3. The van der Waals surface area contributed by atoms with Crippen molar-refractivity contribution in [2.45, 2.75) is 26.7 Å². The highest BCUT2D eigenvalue weighted by molar-refractivity contribution is 7.15. The third-order valence-electron chi connectivity index (χ3n) is 4.06. The minimum atomic E-state index is -0.0807. The normalized spacial score (nSPS) is 10.9. The highest BCUT2D eigenvalue weighted by atomic mass is 35.5. The molecule has 1 N–H and O–H groups in total. The Morgan fingerprint density at radius 3 is 2.84 bits per heavy atom. The van der Waals surface area contributed by atoms with E-state index in [1.165, 1.54) is 11.3 Å². The number of anilines is 1. The summed E-state index contributed by atoms with van der Waals surface area (Å²) in [4.78, 5) is 17.7. The number of nitrogens with zero attached hydrogens (tertiary/aromatic N) is 3. The Labute approximate surface area is 155 Å². The van der Waals surface area contributed by atoms with Gasteiger partial charge in [-0.2, -0.15) is 5.10 Å². The number of rotatable bonds is 5. The summed E-state index contributed by atoms with van der Waals surface area (Å²) in [6.07, 6.45) is 2.84. The number of nitrogens with one attached hydrogen (secondary N) is 1. The molecule has 0 fully saturated rings. The summed E-state index contributed by atoms with van der Waals surface area (Å²) in [7, 11) is 1.88. The van der Waals surface area contributed by atoms with Gasteiger partial charge in [0.2, 0.25) is 5.91 Å². The molecule has 0 spiro atoms. The molecule has 0 unspecified atom stereocenters. The lowest BCUT2D eigenvalue weighted by molar-refractivity contribution is -0.115. The predicted molar refractivity (Wildman–Crippen MR) is 101 cm³/mol. The lowest BCUT2D eigenvalue weighted by Crippen LogP contribution is -2.15. The molecule has 0 aliphatic heterocycles. The Hall–Kier alpha value is -2.18. The standard InChI is InChI=1S/C18H19ClN4OS/c1-11-16(12(2)23(3)22-11)9-17(24)21-18-20-10-15(25-18)8-13-5-4-6-14(19)7-13/h4-7,10H,8-9H2,1-3H3,(H,20,21,24). The first-order valence-electron chi connectivity index (χ1n) is 7.90. The number of hydrogen-bond acceptors (Lipinski definition) is 4. The van der Waals surface area contributed by atoms with E-state index in [4.69, 9.17) is 11.6 Å². The van der Waals surface area contributed by atoms with Crippen LogP contribution in [0.1, 0.15) is 27.4 Å². The zero-order chi connectivity index (χ0) is 18.0. The second-order valence-corrected chi connectivity index (χ2v) is 7.49. The van der Waals surface area contributed by atoms with Crippen LogP contribution in [0.5, 0.6) is 0 Å². The van der Waals surface area contributed by atoms with Crippen molar-refractivity contribution in [3.8, 4) is 0 Å². The lowest BCUT2D eigenvalue weighted by atomic mass is 10.1. The molecule has 0 bridgehead atoms. The van der Waals surface area contributed by atoms with Crippen molar-refractivity contribution in [3.63, 3.8) is 0 Å². The third kappa shape index (κ3) is 4.27. The zero-order valence-corrected chi connectivity index (χ0v) is 15.9. The number of hydrogen-bond donors (Lipinski definition) is 1. The minimum Gasteiger partial charge on any atom is -0.302 e. The van der Waals surface area contributed by atoms with Gasteiger partial charge in [-0.25, -0.2) is 4.98 Å². The van der Waals surface area contributed by atoms with Gasteiger partial charge in [0, 0.05) is 40.8 Å². The molecular formula is C18H19ClN4OS. The molecule has 0 radical (unpaired) electrons. The Morgan fingerprint density at radius 2 is 2.16 bits per heavy atom. The largest absolute Gasteiger partial charge is 0.302 e. The maximum atomic E-state index is 12.3. The zero-order valence-electron chi connectivity index (χ0n) is 14.3. The van der Waals surface area contributed by atoms with E-state index in [0.29, 0.717) is 11.6 Å². The Kier molecular flexibility index (Phi) is 5.20. The highest BCUT2D eigenvalue weighted by Gasteiger charge is 2.14. The van der Waals surface area contributed by atoms with Crippen LogP contribution in [0.15, 0.2) is 30.5 Å². The number of carbonyl (C=O) groups is 1. The topological polar surface area (TPSA) is 59.8 Å². The number of benzene rings is 1. The molecule has 25 heavy (non-hydrogen) atoms. The number of halogens is 1. The van der Waals surface area contributed by atoms with Crippen molar-refractivity contribution in [2.24, 2.45) is 7.05 Å². The van der Waals surface area contributed by atoms with Crippen molar-refractivity contribution >= 4 is 34.0 Å². The van der Waals surface area contributed by atoms with Gasteiger partial charge in [0.15, 0.2) is 5.13 Å². The molecule has 2 aromatic heterocycles. The van der Waals surface area contributed by atoms with E-state index in [0.717, 1.165) is 38.8 Å². The second kappa shape index (κ2) is 7.37. The van der Waals surface area contributed by atoms with E-state index in [2.05, 4.69) is 15.4 Å². The van der Waals surface area contributed by atoms with Gasteiger partial charge in [0.1, 0.15) is 0 Å². The van der Waals surface area contributed by atoms with Crippen LogP contribution >= 0.6 is 22.9 Å². The number of carbonyl (C=O) groups excluding carboxylic acids is 1. The SMILES string of the molecule is Cc1nn(C)c(C)c1CC(=O)Nc1ncc(Cc2cccc(Cl)c2)s1. The summed E-state index contributed by atoms with van der Waals surface area (Å²) >= 11 is 7.49. The van der Waals surface area contributed by atoms with E-state index in [-0.39, 0.29) is 5.91 Å². The van der Waals surface area contributed by atoms with Crippen molar-refractivity contribution in [1.82, 2.24) is 14.8 Å². The van der Waals surface area contributed by atoms with Crippen molar-refractivity contribution < 1.29 is 4.79 Å². The van der Waals surface area contributed by atoms with Crippen LogP contribution in [0.2, 0.25) is 5.02 Å². The maximum absolute atomic E-state index is 12.3. The van der Waals surface area contributed by atoms with Crippen LogP contribution in [0.4, 0.5) is 5.13 Å². The van der Waals surface area contributed by atoms with E-state index >= 15 is 0 Å². The summed E-state index contributed by atoms with van der Waals surface area (Å²) < 4.78 is 1.80. The molecular weight excluding hydrogens is 356 g/mol. The Morgan fingerprint density at radius 1 is 1.36 bits per heavy atom. The molecule has 1 amide bonds. The van der Waals surface area contributed by atoms with Gasteiger partial charge in [0.05, 0.1) is 12.1 Å². The van der Waals surface area contributed by atoms with Crippen molar-refractivity contribution in [3.05, 3.63) is 62.9 Å². The second-order valence-electron chi connectivity index (χ2n) is 5.94. The van der Waals surface area contributed by atoms with Gasteiger partial charge in [-0.3, -0.25) is 9.48 Å². The molecule has 5 nitrogen and oxygen atoms in total. The summed E-state index contributed by atoms with van der Waals surface area (Å²) in [5.41, 5.74) is 3.98. The molecule has 2 heterocycles. The number of amides is 1. The summed E-state index contributed by atoms with van der Waals surface area (Å²) in [5.74, 6) is -0.0807. The molecule has 0 aliphatic rings. The van der Waals surface area contributed by atoms with E-state index < -0.39 is 0 Å². The summed E-state index contributed by atoms with van der Waals surface area (Å²) in [6.45, 7) is 3.89. The molecule has 0 saturated carbocycles. The van der Waals surface area contributed by atoms with Crippen LogP contribution in [0, 0.1) is 13.8 Å². The molecule has 1 aromatic carbocycles.